The Morgan fingerprint density at radius 2 is 2.00 bits per heavy atom. The quantitative estimate of drug-likeness (QED) is 0.579. The van der Waals surface area contributed by atoms with Crippen molar-refractivity contribution in [1.29, 1.82) is 0 Å². The van der Waals surface area contributed by atoms with Gasteiger partial charge in [0.05, 0.1) is 29.4 Å². The number of oxazole rings is 1. The van der Waals surface area contributed by atoms with Gasteiger partial charge in [-0.05, 0) is 51.2 Å². The number of aliphatic hydroxyl groups is 1. The zero-order valence-electron chi connectivity index (χ0n) is 18.5. The lowest BCUT2D eigenvalue weighted by Gasteiger charge is -2.54. The first-order valence-electron chi connectivity index (χ1n) is 11.3. The molecule has 1 amide bonds. The number of carbonyl (C=O) groups is 1. The molecule has 7 rings (SSSR count). The van der Waals surface area contributed by atoms with E-state index in [-0.39, 0.29) is 24.1 Å². The number of piperidine rings is 1. The molecule has 5 heterocycles. The first-order chi connectivity index (χ1) is 15.8. The highest BCUT2D eigenvalue weighted by atomic mass is 32.1. The third-order valence-electron chi connectivity index (χ3n) is 7.23. The second-order valence-corrected chi connectivity index (χ2v) is 10.7. The number of amides is 1. The third-order valence-corrected chi connectivity index (χ3v) is 8.04. The second kappa shape index (κ2) is 7.33. The van der Waals surface area contributed by atoms with Gasteiger partial charge in [0.15, 0.2) is 11.1 Å². The molecule has 2 unspecified atom stereocenters. The van der Waals surface area contributed by atoms with E-state index < -0.39 is 11.7 Å². The van der Waals surface area contributed by atoms with E-state index in [9.17, 15) is 15.0 Å². The molecule has 10 heteroatoms. The van der Waals surface area contributed by atoms with Crippen LogP contribution in [0.25, 0.3) is 21.7 Å². The van der Waals surface area contributed by atoms with E-state index >= 15 is 0 Å². The van der Waals surface area contributed by atoms with Gasteiger partial charge < -0.3 is 24.3 Å². The Labute approximate surface area is 194 Å². The number of anilines is 1. The summed E-state index contributed by atoms with van der Waals surface area (Å²) in [6.45, 7) is 4.81. The molecule has 2 aromatic heterocycles. The van der Waals surface area contributed by atoms with E-state index in [1.54, 1.807) is 6.20 Å². The maximum absolute atomic E-state index is 11.5. The Kier molecular flexibility index (Phi) is 4.60. The van der Waals surface area contributed by atoms with Crippen LogP contribution in [-0.4, -0.2) is 68.1 Å². The number of piperazine rings is 1. The van der Waals surface area contributed by atoms with E-state index in [1.807, 2.05) is 36.3 Å². The molecule has 33 heavy (non-hydrogen) atoms. The number of hydrogen-bond acceptors (Lipinski definition) is 8. The first kappa shape index (κ1) is 20.7. The zero-order chi connectivity index (χ0) is 22.9. The number of ether oxygens (including phenoxy) is 1. The minimum absolute atomic E-state index is 0.0286. The number of carboxylic acid groups (broad SMARTS) is 1. The first-order valence-corrected chi connectivity index (χ1v) is 12.1. The molecule has 1 aliphatic carbocycles. The van der Waals surface area contributed by atoms with Crippen molar-refractivity contribution >= 4 is 34.5 Å². The van der Waals surface area contributed by atoms with Crippen LogP contribution in [0, 0.1) is 5.92 Å². The van der Waals surface area contributed by atoms with Gasteiger partial charge in [0, 0.05) is 24.7 Å². The minimum Gasteiger partial charge on any atom is -0.488 e. The average Bonchev–Trinajstić information content (AvgIpc) is 3.39. The topological polar surface area (TPSA) is 112 Å². The molecule has 0 spiro atoms. The van der Waals surface area contributed by atoms with Crippen molar-refractivity contribution in [2.45, 2.75) is 56.9 Å². The molecule has 3 aromatic rings. The van der Waals surface area contributed by atoms with Gasteiger partial charge in [-0.25, -0.2) is 9.78 Å². The number of benzene rings is 1. The number of aromatic nitrogens is 2. The Morgan fingerprint density at radius 3 is 2.64 bits per heavy atom. The van der Waals surface area contributed by atoms with Gasteiger partial charge in [-0.15, -0.1) is 11.3 Å². The lowest BCUT2D eigenvalue weighted by molar-refractivity contribution is -0.0670. The molecule has 3 saturated heterocycles. The van der Waals surface area contributed by atoms with Gasteiger partial charge in [0.1, 0.15) is 10.8 Å². The highest BCUT2D eigenvalue weighted by Gasteiger charge is 2.48. The van der Waals surface area contributed by atoms with Crippen molar-refractivity contribution in [1.82, 2.24) is 14.9 Å². The summed E-state index contributed by atoms with van der Waals surface area (Å²) in [7, 11) is 0. The molecule has 4 aliphatic rings. The fourth-order valence-electron chi connectivity index (χ4n) is 5.22. The molecular weight excluding hydrogens is 444 g/mol. The van der Waals surface area contributed by atoms with Crippen LogP contribution in [0.1, 0.15) is 33.1 Å². The fourth-order valence-corrected chi connectivity index (χ4v) is 5.88. The van der Waals surface area contributed by atoms with Crippen LogP contribution in [0.5, 0.6) is 5.75 Å². The van der Waals surface area contributed by atoms with Crippen molar-refractivity contribution in [3.05, 3.63) is 23.7 Å². The fraction of sp³-hybridized carbons (Fsp3) is 0.522. The smallest absolute Gasteiger partial charge is 0.407 e. The molecule has 2 N–H and O–H groups in total. The third kappa shape index (κ3) is 3.43. The molecule has 9 nitrogen and oxygen atoms in total. The normalized spacial score (nSPS) is 26.8. The van der Waals surface area contributed by atoms with Gasteiger partial charge in [0.2, 0.25) is 0 Å². The summed E-state index contributed by atoms with van der Waals surface area (Å²) in [5.41, 5.74) is 1.44. The maximum Gasteiger partial charge on any atom is 0.407 e. The Hall–Kier alpha value is -2.85. The summed E-state index contributed by atoms with van der Waals surface area (Å²) in [5.74, 6) is 0.881. The van der Waals surface area contributed by atoms with Crippen molar-refractivity contribution < 1.29 is 24.2 Å². The Bertz CT molecular complexity index is 1190. The van der Waals surface area contributed by atoms with E-state index in [1.165, 1.54) is 16.2 Å². The second-order valence-electron chi connectivity index (χ2n) is 9.82. The summed E-state index contributed by atoms with van der Waals surface area (Å²) in [4.78, 5) is 24.3. The summed E-state index contributed by atoms with van der Waals surface area (Å²) >= 11 is 1.53. The van der Waals surface area contributed by atoms with Crippen molar-refractivity contribution in [3.63, 3.8) is 0 Å². The standard InChI is InChI=1S/C23H26N4O5S/c1-23(2,30)12-7-15(8-12)31-17-4-3-16(20-24-5-6-33-20)19-18(17)25-21(32-19)26-10-13-9-14(11-26)27(13)22(28)29/h3-6,12-15,30H,7-11H2,1-2H3,(H,28,29). The van der Waals surface area contributed by atoms with Crippen LogP contribution in [0.15, 0.2) is 28.1 Å². The summed E-state index contributed by atoms with van der Waals surface area (Å²) in [6.07, 6.45) is 3.40. The number of hydrogen-bond donors (Lipinski definition) is 2. The monoisotopic (exact) mass is 470 g/mol. The minimum atomic E-state index is -0.861. The van der Waals surface area contributed by atoms with E-state index in [2.05, 4.69) is 4.98 Å². The van der Waals surface area contributed by atoms with Crippen LogP contribution < -0.4 is 9.64 Å². The molecule has 2 atom stereocenters. The van der Waals surface area contributed by atoms with Crippen LogP contribution >= 0.6 is 11.3 Å². The van der Waals surface area contributed by atoms with Crippen molar-refractivity contribution in [2.24, 2.45) is 5.92 Å². The predicted molar refractivity (Wildman–Crippen MR) is 123 cm³/mol. The van der Waals surface area contributed by atoms with Gasteiger partial charge in [-0.2, -0.15) is 4.98 Å². The number of fused-ring (bicyclic) bond motifs is 3. The molecule has 1 saturated carbocycles. The highest BCUT2D eigenvalue weighted by molar-refractivity contribution is 7.13. The SMILES string of the molecule is CC(C)(O)C1CC(Oc2ccc(-c3nccs3)c3oc(N4CC5CC(C4)N5C(=O)O)nc23)C1. The summed E-state index contributed by atoms with van der Waals surface area (Å²) in [5, 5.41) is 22.4. The number of nitrogens with zero attached hydrogens (tertiary/aromatic N) is 4. The highest BCUT2D eigenvalue weighted by Crippen LogP contribution is 2.43. The predicted octanol–water partition coefficient (Wildman–Crippen LogP) is 3.82. The number of rotatable bonds is 5. The van der Waals surface area contributed by atoms with Gasteiger partial charge in [-0.1, -0.05) is 0 Å². The van der Waals surface area contributed by atoms with E-state index in [0.717, 1.165) is 29.8 Å². The largest absolute Gasteiger partial charge is 0.488 e. The molecule has 1 aromatic carbocycles. The average molecular weight is 471 g/mol. The van der Waals surface area contributed by atoms with Crippen LogP contribution in [0.2, 0.25) is 0 Å². The molecule has 3 aliphatic heterocycles. The number of thiazole rings is 1. The maximum atomic E-state index is 11.5. The molecule has 4 fully saturated rings. The lowest BCUT2D eigenvalue weighted by Crippen LogP contribution is -2.70. The summed E-state index contributed by atoms with van der Waals surface area (Å²) in [6, 6.07) is 4.31. The summed E-state index contributed by atoms with van der Waals surface area (Å²) < 4.78 is 12.6. The van der Waals surface area contributed by atoms with Crippen molar-refractivity contribution in [3.8, 4) is 16.3 Å². The Morgan fingerprint density at radius 1 is 1.24 bits per heavy atom. The van der Waals surface area contributed by atoms with Crippen LogP contribution in [0.4, 0.5) is 10.8 Å². The van der Waals surface area contributed by atoms with E-state index in [0.29, 0.717) is 36.0 Å². The van der Waals surface area contributed by atoms with Gasteiger partial charge in [0.25, 0.3) is 6.01 Å². The zero-order valence-corrected chi connectivity index (χ0v) is 19.3. The van der Waals surface area contributed by atoms with Crippen LogP contribution in [-0.2, 0) is 0 Å². The van der Waals surface area contributed by atoms with E-state index in [4.69, 9.17) is 14.1 Å². The lowest BCUT2D eigenvalue weighted by atomic mass is 9.72. The Balaban J connectivity index is 1.31. The molecular formula is C23H26N4O5S. The van der Waals surface area contributed by atoms with Gasteiger partial charge in [-0.3, -0.25) is 4.90 Å². The molecule has 2 bridgehead atoms. The van der Waals surface area contributed by atoms with Gasteiger partial charge >= 0.3 is 6.09 Å². The van der Waals surface area contributed by atoms with Crippen LogP contribution in [0.3, 0.4) is 0 Å². The van der Waals surface area contributed by atoms with Crippen molar-refractivity contribution in [2.75, 3.05) is 18.0 Å². The molecule has 0 radical (unpaired) electrons. The molecule has 174 valence electrons.